The Balaban J connectivity index is 1.80. The highest BCUT2D eigenvalue weighted by Crippen LogP contribution is 2.39. The average molecular weight is 567 g/mol. The van der Waals surface area contributed by atoms with Gasteiger partial charge in [-0.1, -0.05) is 29.3 Å². The Labute approximate surface area is 220 Å². The van der Waals surface area contributed by atoms with Gasteiger partial charge in [-0.3, -0.25) is 4.31 Å². The zero-order valence-corrected chi connectivity index (χ0v) is 20.9. The quantitative estimate of drug-likeness (QED) is 0.328. The van der Waals surface area contributed by atoms with Crippen LogP contribution >= 0.6 is 23.2 Å². The fourth-order valence-electron chi connectivity index (χ4n) is 3.69. The predicted octanol–water partition coefficient (Wildman–Crippen LogP) is 6.70. The van der Waals surface area contributed by atoms with E-state index in [4.69, 9.17) is 27.9 Å². The molecule has 190 valence electrons. The number of benzene rings is 3. The van der Waals surface area contributed by atoms with Gasteiger partial charge in [0, 0.05) is 28.6 Å². The molecule has 3 aromatic carbocycles. The van der Waals surface area contributed by atoms with Crippen molar-refractivity contribution in [2.75, 3.05) is 10.8 Å². The topological polar surface area (TPSA) is 87.5 Å². The molecular formula is C25H15Cl2F3N2O4S. The number of halogens is 5. The van der Waals surface area contributed by atoms with Crippen molar-refractivity contribution < 1.29 is 31.1 Å². The van der Waals surface area contributed by atoms with Gasteiger partial charge < -0.3 is 4.74 Å². The molecule has 0 unspecified atom stereocenters. The highest BCUT2D eigenvalue weighted by Gasteiger charge is 2.34. The highest BCUT2D eigenvalue weighted by molar-refractivity contribution is 7.92. The first-order chi connectivity index (χ1) is 17.4. The summed E-state index contributed by atoms with van der Waals surface area (Å²) in [6.07, 6.45) is -4.84. The molecule has 37 heavy (non-hydrogen) atoms. The van der Waals surface area contributed by atoms with E-state index in [0.717, 1.165) is 22.5 Å². The molecule has 0 aromatic heterocycles. The van der Waals surface area contributed by atoms with Gasteiger partial charge in [0.25, 0.3) is 10.0 Å². The maximum Gasteiger partial charge on any atom is 0.416 e. The highest BCUT2D eigenvalue weighted by atomic mass is 35.5. The number of nitriles is 1. The lowest BCUT2D eigenvalue weighted by Gasteiger charge is -2.25. The van der Waals surface area contributed by atoms with Gasteiger partial charge in [-0.15, -0.1) is 0 Å². The van der Waals surface area contributed by atoms with Crippen molar-refractivity contribution in [2.45, 2.75) is 17.5 Å². The fourth-order valence-corrected chi connectivity index (χ4v) is 5.46. The first-order valence-electron chi connectivity index (χ1n) is 10.5. The van der Waals surface area contributed by atoms with Gasteiger partial charge in [0.1, 0.15) is 0 Å². The number of hydrogen-bond acceptors (Lipinski definition) is 5. The maximum atomic E-state index is 13.5. The molecule has 4 rings (SSSR count). The lowest BCUT2D eigenvalue weighted by molar-refractivity contribution is -0.137. The second-order valence-electron chi connectivity index (χ2n) is 7.83. The van der Waals surface area contributed by atoms with Crippen LogP contribution in [0.1, 0.15) is 27.9 Å². The molecule has 1 aliphatic heterocycles. The minimum atomic E-state index is -4.68. The predicted molar refractivity (Wildman–Crippen MR) is 131 cm³/mol. The third-order valence-corrected chi connectivity index (χ3v) is 7.78. The Hall–Kier alpha value is -3.52. The second-order valence-corrected chi connectivity index (χ2v) is 10.6. The Morgan fingerprint density at radius 2 is 1.68 bits per heavy atom. The number of rotatable bonds is 4. The van der Waals surface area contributed by atoms with Gasteiger partial charge in [-0.25, -0.2) is 13.2 Å². The third-order valence-electron chi connectivity index (χ3n) is 5.47. The van der Waals surface area contributed by atoms with Crippen molar-refractivity contribution in [1.82, 2.24) is 0 Å². The first kappa shape index (κ1) is 26.5. The van der Waals surface area contributed by atoms with Crippen LogP contribution in [-0.4, -0.2) is 20.9 Å². The Bertz CT molecular complexity index is 1560. The summed E-state index contributed by atoms with van der Waals surface area (Å²) in [4.78, 5) is 12.8. The molecule has 12 heteroatoms. The molecule has 0 radical (unpaired) electrons. The van der Waals surface area contributed by atoms with Crippen LogP contribution in [0.15, 0.2) is 77.2 Å². The zero-order chi connectivity index (χ0) is 27.0. The van der Waals surface area contributed by atoms with Crippen molar-refractivity contribution in [2.24, 2.45) is 0 Å². The zero-order valence-electron chi connectivity index (χ0n) is 18.6. The summed E-state index contributed by atoms with van der Waals surface area (Å²) in [5.74, 6) is -1.42. The summed E-state index contributed by atoms with van der Waals surface area (Å²) < 4.78 is 72.9. The van der Waals surface area contributed by atoms with Gasteiger partial charge in [0.15, 0.2) is 5.76 Å². The molecule has 0 saturated heterocycles. The van der Waals surface area contributed by atoms with E-state index in [1.807, 2.05) is 6.07 Å². The SMILES string of the molecule is N#CC1=C(OC(=O)c2cccc(C(F)(F)F)c2)c2ccc(Cl)cc2N(S(=O)(=O)c2ccc(Cl)cc2)CC1. The van der Waals surface area contributed by atoms with Crippen LogP contribution in [0.2, 0.25) is 10.0 Å². The van der Waals surface area contributed by atoms with Crippen LogP contribution in [0.4, 0.5) is 18.9 Å². The molecule has 1 aliphatic rings. The number of carbonyl (C=O) groups excluding carboxylic acids is 1. The molecule has 1 heterocycles. The number of anilines is 1. The van der Waals surface area contributed by atoms with Crippen molar-refractivity contribution in [3.05, 3.63) is 99.0 Å². The Kier molecular flexibility index (Phi) is 7.24. The monoisotopic (exact) mass is 566 g/mol. The number of sulfonamides is 1. The molecule has 0 fully saturated rings. The Morgan fingerprint density at radius 1 is 1.00 bits per heavy atom. The number of esters is 1. The molecule has 0 spiro atoms. The molecule has 0 atom stereocenters. The summed E-state index contributed by atoms with van der Waals surface area (Å²) in [7, 11) is -4.18. The molecule has 3 aromatic rings. The molecule has 0 N–H and O–H groups in total. The van der Waals surface area contributed by atoms with Gasteiger partial charge >= 0.3 is 12.1 Å². The van der Waals surface area contributed by atoms with E-state index in [1.165, 1.54) is 42.5 Å². The van der Waals surface area contributed by atoms with Crippen molar-refractivity contribution in [3.63, 3.8) is 0 Å². The summed E-state index contributed by atoms with van der Waals surface area (Å²) in [5, 5.41) is 10.3. The summed E-state index contributed by atoms with van der Waals surface area (Å²) in [6, 6.07) is 15.1. The van der Waals surface area contributed by atoms with Gasteiger partial charge in [0.2, 0.25) is 0 Å². The van der Waals surface area contributed by atoms with E-state index < -0.39 is 33.3 Å². The molecule has 0 saturated carbocycles. The van der Waals surface area contributed by atoms with E-state index in [0.29, 0.717) is 11.1 Å². The summed E-state index contributed by atoms with van der Waals surface area (Å²) in [6.45, 7) is -0.203. The first-order valence-corrected chi connectivity index (χ1v) is 12.7. The fraction of sp³-hybridized carbons (Fsp3) is 0.120. The lowest BCUT2D eigenvalue weighted by Crippen LogP contribution is -2.32. The van der Waals surface area contributed by atoms with Crippen LogP contribution in [0.25, 0.3) is 5.76 Å². The molecular weight excluding hydrogens is 552 g/mol. The van der Waals surface area contributed by atoms with Gasteiger partial charge in [-0.05, 0) is 60.7 Å². The average Bonchev–Trinajstić information content (AvgIpc) is 3.00. The van der Waals surface area contributed by atoms with E-state index in [9.17, 15) is 31.6 Å². The molecule has 6 nitrogen and oxygen atoms in total. The molecule has 0 bridgehead atoms. The summed E-state index contributed by atoms with van der Waals surface area (Å²) >= 11 is 12.0. The number of ether oxygens (including phenoxy) is 1. The number of fused-ring (bicyclic) bond motifs is 1. The second kappa shape index (κ2) is 10.1. The number of nitrogens with zero attached hydrogens (tertiary/aromatic N) is 2. The third kappa shape index (κ3) is 5.44. The van der Waals surface area contributed by atoms with E-state index in [1.54, 1.807) is 0 Å². The van der Waals surface area contributed by atoms with E-state index >= 15 is 0 Å². The van der Waals surface area contributed by atoms with Crippen molar-refractivity contribution >= 4 is 50.6 Å². The van der Waals surface area contributed by atoms with Crippen LogP contribution in [0, 0.1) is 11.3 Å². The van der Waals surface area contributed by atoms with Crippen LogP contribution < -0.4 is 4.31 Å². The van der Waals surface area contributed by atoms with E-state index in [2.05, 4.69) is 0 Å². The van der Waals surface area contributed by atoms with Gasteiger partial charge in [-0.2, -0.15) is 18.4 Å². The molecule has 0 aliphatic carbocycles. The normalized spacial score (nSPS) is 14.0. The van der Waals surface area contributed by atoms with Crippen molar-refractivity contribution in [3.8, 4) is 6.07 Å². The minimum Gasteiger partial charge on any atom is -0.421 e. The van der Waals surface area contributed by atoms with Gasteiger partial charge in [0.05, 0.1) is 33.4 Å². The molecule has 0 amide bonds. The van der Waals surface area contributed by atoms with Crippen LogP contribution in [-0.2, 0) is 20.9 Å². The smallest absolute Gasteiger partial charge is 0.416 e. The van der Waals surface area contributed by atoms with Crippen LogP contribution in [0.3, 0.4) is 0 Å². The standard InChI is InChI=1S/C25H15Cl2F3N2O4S/c26-18-4-7-20(8-5-18)37(34,35)32-11-10-16(14-31)23(21-9-6-19(27)13-22(21)32)36-24(33)15-2-1-3-17(12-15)25(28,29)30/h1-9,12-13H,10-11H2. The van der Waals surface area contributed by atoms with E-state index in [-0.39, 0.29) is 45.5 Å². The number of hydrogen-bond donors (Lipinski definition) is 0. The number of alkyl halides is 3. The Morgan fingerprint density at radius 3 is 2.32 bits per heavy atom. The lowest BCUT2D eigenvalue weighted by atomic mass is 10.1. The minimum absolute atomic E-state index is 0.0274. The van der Waals surface area contributed by atoms with Crippen molar-refractivity contribution in [1.29, 1.82) is 5.26 Å². The number of carbonyl (C=O) groups is 1. The maximum absolute atomic E-state index is 13.5. The largest absolute Gasteiger partial charge is 0.421 e. The van der Waals surface area contributed by atoms with Crippen LogP contribution in [0.5, 0.6) is 0 Å². The summed E-state index contributed by atoms with van der Waals surface area (Å²) in [5.41, 5.74) is -1.44.